The molecule has 3 fully saturated rings. The Morgan fingerprint density at radius 1 is 0.806 bits per heavy atom. The van der Waals surface area contributed by atoms with Crippen LogP contribution < -0.4 is 0 Å². The first-order valence-corrected chi connectivity index (χ1v) is 20.7. The van der Waals surface area contributed by atoms with Gasteiger partial charge in [-0.05, 0) is 110 Å². The van der Waals surface area contributed by atoms with Crippen molar-refractivity contribution < 1.29 is 13.6 Å². The van der Waals surface area contributed by atoms with Crippen LogP contribution in [0.1, 0.15) is 100 Å². The zero-order valence-electron chi connectivity index (χ0n) is 25.6. The Balaban J connectivity index is 1.56. The van der Waals surface area contributed by atoms with Gasteiger partial charge in [-0.15, -0.1) is 0 Å². The molecule has 0 aliphatic heterocycles. The van der Waals surface area contributed by atoms with Crippen molar-refractivity contribution in [3.63, 3.8) is 0 Å². The molecule has 4 aliphatic carbocycles. The second kappa shape index (κ2) is 8.89. The molecule has 3 nitrogen and oxygen atoms in total. The Morgan fingerprint density at radius 3 is 1.97 bits per heavy atom. The predicted octanol–water partition coefficient (Wildman–Crippen LogP) is 8.91. The molecule has 0 bridgehead atoms. The average molecular weight is 533 g/mol. The molecule has 3 saturated carbocycles. The molecule has 0 aromatic rings. The van der Waals surface area contributed by atoms with Gasteiger partial charge < -0.3 is 8.85 Å². The number of rotatable bonds is 4. The van der Waals surface area contributed by atoms with E-state index in [4.69, 9.17) is 8.85 Å². The maximum absolute atomic E-state index is 13.9. The summed E-state index contributed by atoms with van der Waals surface area (Å²) in [6, 6.07) is 0. The van der Waals surface area contributed by atoms with E-state index < -0.39 is 16.6 Å². The number of carbonyl (C=O) groups is 1. The number of hydrogen-bond acceptors (Lipinski definition) is 3. The molecule has 0 saturated heterocycles. The van der Waals surface area contributed by atoms with Crippen molar-refractivity contribution in [1.29, 1.82) is 0 Å². The molecule has 5 heteroatoms. The molecule has 36 heavy (non-hydrogen) atoms. The van der Waals surface area contributed by atoms with E-state index in [9.17, 15) is 4.79 Å². The highest BCUT2D eigenvalue weighted by molar-refractivity contribution is 6.74. The van der Waals surface area contributed by atoms with Crippen molar-refractivity contribution in [1.82, 2.24) is 0 Å². The lowest BCUT2D eigenvalue weighted by atomic mass is 9.47. The van der Waals surface area contributed by atoms with E-state index in [-0.39, 0.29) is 32.9 Å². The van der Waals surface area contributed by atoms with E-state index in [1.165, 1.54) is 24.8 Å². The van der Waals surface area contributed by atoms with Crippen LogP contribution >= 0.6 is 0 Å². The Kier molecular flexibility index (Phi) is 7.10. The quantitative estimate of drug-likeness (QED) is 0.339. The van der Waals surface area contributed by atoms with E-state index in [0.29, 0.717) is 23.7 Å². The first kappa shape index (κ1) is 28.8. The highest BCUT2D eigenvalue weighted by atomic mass is 28.4. The summed E-state index contributed by atoms with van der Waals surface area (Å²) in [6.07, 6.45) is 10.6. The highest BCUT2D eigenvalue weighted by Crippen LogP contribution is 2.65. The van der Waals surface area contributed by atoms with Crippen LogP contribution in [-0.2, 0) is 13.6 Å². The second-order valence-corrected chi connectivity index (χ2v) is 26.0. The fraction of sp³-hybridized carbons (Fsp3) is 0.903. The molecule has 0 radical (unpaired) electrons. The fourth-order valence-electron chi connectivity index (χ4n) is 7.74. The van der Waals surface area contributed by atoms with Crippen LogP contribution in [0, 0.1) is 28.6 Å². The summed E-state index contributed by atoms with van der Waals surface area (Å²) in [7, 11) is -3.66. The number of fused-ring (bicyclic) bond motifs is 5. The second-order valence-electron chi connectivity index (χ2n) is 16.5. The van der Waals surface area contributed by atoms with E-state index in [1.807, 2.05) is 0 Å². The Labute approximate surface area is 224 Å². The number of ketones is 1. The maximum Gasteiger partial charge on any atom is 0.192 e. The van der Waals surface area contributed by atoms with E-state index in [1.54, 1.807) is 0 Å². The topological polar surface area (TPSA) is 35.5 Å². The third-order valence-electron chi connectivity index (χ3n) is 12.3. The predicted molar refractivity (Wildman–Crippen MR) is 156 cm³/mol. The number of allylic oxidation sites excluding steroid dienone is 1. The van der Waals surface area contributed by atoms with Gasteiger partial charge in [0.2, 0.25) is 0 Å². The summed E-state index contributed by atoms with van der Waals surface area (Å²) in [6.45, 7) is 28.5. The van der Waals surface area contributed by atoms with Gasteiger partial charge in [0.25, 0.3) is 0 Å². The molecular weight excluding hydrogens is 477 g/mol. The zero-order valence-corrected chi connectivity index (χ0v) is 27.6. The van der Waals surface area contributed by atoms with Crippen LogP contribution in [0.25, 0.3) is 0 Å². The molecule has 206 valence electrons. The van der Waals surface area contributed by atoms with Crippen molar-refractivity contribution in [2.24, 2.45) is 28.6 Å². The molecule has 3 unspecified atom stereocenters. The van der Waals surface area contributed by atoms with Gasteiger partial charge in [-0.25, -0.2) is 0 Å². The van der Waals surface area contributed by atoms with Crippen LogP contribution in [0.5, 0.6) is 0 Å². The lowest BCUT2D eigenvalue weighted by molar-refractivity contribution is -0.135. The van der Waals surface area contributed by atoms with Crippen molar-refractivity contribution in [2.75, 3.05) is 0 Å². The summed E-state index contributed by atoms with van der Waals surface area (Å²) in [5.41, 5.74) is 1.70. The van der Waals surface area contributed by atoms with Gasteiger partial charge in [-0.1, -0.05) is 61.0 Å². The maximum atomic E-state index is 13.9. The first-order valence-electron chi connectivity index (χ1n) is 14.8. The third kappa shape index (κ3) is 4.60. The van der Waals surface area contributed by atoms with Crippen molar-refractivity contribution in [2.45, 2.75) is 149 Å². The average Bonchev–Trinajstić information content (AvgIpc) is 3.03. The van der Waals surface area contributed by atoms with Crippen LogP contribution in [0.15, 0.2) is 11.6 Å². The van der Waals surface area contributed by atoms with E-state index in [0.717, 1.165) is 25.7 Å². The largest absolute Gasteiger partial charge is 0.414 e. The van der Waals surface area contributed by atoms with Gasteiger partial charge in [0.05, 0.1) is 6.10 Å². The van der Waals surface area contributed by atoms with Gasteiger partial charge >= 0.3 is 0 Å². The van der Waals surface area contributed by atoms with E-state index in [2.05, 4.69) is 87.7 Å². The monoisotopic (exact) mass is 532 g/mol. The molecule has 0 spiro atoms. The van der Waals surface area contributed by atoms with Gasteiger partial charge in [0.15, 0.2) is 22.4 Å². The van der Waals surface area contributed by atoms with E-state index >= 15 is 0 Å². The molecule has 7 atom stereocenters. The SMILES string of the molecule is CC(C)(C)[Si](C)(C)O[C@H]1CC[C@@]2(C)C(=CC(=O)C3C2CC[C@@]2(C)C3CC[C@@H]2O[Si](C)(C)C(C)(C)C)C1. The van der Waals surface area contributed by atoms with Gasteiger partial charge in [-0.3, -0.25) is 4.79 Å². The summed E-state index contributed by atoms with van der Waals surface area (Å²) >= 11 is 0. The van der Waals surface area contributed by atoms with Crippen LogP contribution in [0.2, 0.25) is 36.3 Å². The molecule has 0 amide bonds. The van der Waals surface area contributed by atoms with Gasteiger partial charge in [-0.2, -0.15) is 0 Å². The molecule has 0 heterocycles. The summed E-state index contributed by atoms with van der Waals surface area (Å²) in [5.74, 6) is 1.56. The molecule has 0 aromatic heterocycles. The molecule has 4 rings (SSSR count). The molecular formula is C31H56O3Si2. The Hall–Kier alpha value is -0.236. The summed E-state index contributed by atoms with van der Waals surface area (Å²) < 4.78 is 13.9. The van der Waals surface area contributed by atoms with Crippen molar-refractivity contribution in [3.8, 4) is 0 Å². The Morgan fingerprint density at radius 2 is 1.39 bits per heavy atom. The smallest absolute Gasteiger partial charge is 0.192 e. The van der Waals surface area contributed by atoms with Crippen LogP contribution in [0.4, 0.5) is 0 Å². The van der Waals surface area contributed by atoms with Gasteiger partial charge in [0, 0.05) is 12.0 Å². The first-order chi connectivity index (χ1) is 16.2. The van der Waals surface area contributed by atoms with Gasteiger partial charge in [0.1, 0.15) is 0 Å². The lowest BCUT2D eigenvalue weighted by Gasteiger charge is -2.58. The molecule has 0 N–H and O–H groups in total. The highest BCUT2D eigenvalue weighted by Gasteiger charge is 2.62. The normalized spacial score (nSPS) is 39.8. The minimum atomic E-state index is -1.85. The fourth-order valence-corrected chi connectivity index (χ4v) is 10.6. The summed E-state index contributed by atoms with van der Waals surface area (Å²) in [5, 5.41) is 0.435. The minimum absolute atomic E-state index is 0.136. The molecule has 0 aromatic carbocycles. The van der Waals surface area contributed by atoms with Crippen LogP contribution in [0.3, 0.4) is 0 Å². The summed E-state index contributed by atoms with van der Waals surface area (Å²) in [4.78, 5) is 13.9. The number of carbonyl (C=O) groups excluding carboxylic acids is 1. The number of hydrogen-bond donors (Lipinski definition) is 0. The third-order valence-corrected chi connectivity index (χ3v) is 21.3. The Bertz CT molecular complexity index is 908. The van der Waals surface area contributed by atoms with Crippen LogP contribution in [-0.4, -0.2) is 34.6 Å². The van der Waals surface area contributed by atoms with Crippen molar-refractivity contribution >= 4 is 22.4 Å². The molecule has 4 aliphatic rings. The lowest BCUT2D eigenvalue weighted by Crippen LogP contribution is -2.56. The van der Waals surface area contributed by atoms with Crippen molar-refractivity contribution in [3.05, 3.63) is 11.6 Å². The minimum Gasteiger partial charge on any atom is -0.414 e. The standard InChI is InChI=1S/C31H56O3Si2/c1-28(2,3)35(9,10)33-22-15-17-30(7)21(19-22)20-25(32)27-23-13-14-26(31(23,8)18-16-24(27)30)34-36(11,12)29(4,5)6/h20,22-24,26-27H,13-19H2,1-12H3/t22-,23?,24?,26-,27?,30-,31-/m0/s1. The zero-order chi connectivity index (χ0) is 27.1.